The molecule has 244 valence electrons. The predicted molar refractivity (Wildman–Crippen MR) is 170 cm³/mol. The molecular weight excluding hydrogens is 600 g/mol. The summed E-state index contributed by atoms with van der Waals surface area (Å²) in [5.41, 5.74) is 3.01. The monoisotopic (exact) mass is 638 g/mol. The Bertz CT molecular complexity index is 1660. The Morgan fingerprint density at radius 1 is 1.07 bits per heavy atom. The minimum Gasteiger partial charge on any atom is -0.370 e. The van der Waals surface area contributed by atoms with Gasteiger partial charge >= 0.3 is 6.18 Å². The molecule has 1 amide bonds. The summed E-state index contributed by atoms with van der Waals surface area (Å²) in [6, 6.07) is 11.3. The second-order valence-corrected chi connectivity index (χ2v) is 11.9. The molecule has 5 rings (SSSR count). The molecule has 4 heterocycles. The second kappa shape index (κ2) is 13.9. The number of pyridine rings is 2. The van der Waals surface area contributed by atoms with E-state index in [0.717, 1.165) is 23.1 Å². The third kappa shape index (κ3) is 7.52. The molecule has 1 fully saturated rings. The number of amides is 1. The SMILES string of the molecule is CNC(=O)c1c(F)cnc2c(C(C)C(C)CNc3cc(-c4ccc(N(C)C5CCN(CC(F)(F)F)CC5)nc4)ncn3)cccc12. The molecule has 13 heteroatoms. The van der Waals surface area contributed by atoms with Crippen molar-refractivity contribution in [3.05, 3.63) is 72.1 Å². The van der Waals surface area contributed by atoms with Gasteiger partial charge in [0.1, 0.15) is 18.0 Å². The molecule has 0 radical (unpaired) electrons. The molecule has 1 aliphatic heterocycles. The highest BCUT2D eigenvalue weighted by Gasteiger charge is 2.33. The maximum atomic E-state index is 14.5. The zero-order chi connectivity index (χ0) is 33.0. The van der Waals surface area contributed by atoms with E-state index < -0.39 is 24.4 Å². The Hall–Kier alpha value is -4.39. The molecule has 0 spiro atoms. The number of fused-ring (bicyclic) bond motifs is 1. The highest BCUT2D eigenvalue weighted by atomic mass is 19.4. The van der Waals surface area contributed by atoms with E-state index in [4.69, 9.17) is 0 Å². The average Bonchev–Trinajstić information content (AvgIpc) is 3.05. The molecule has 3 aromatic heterocycles. The maximum Gasteiger partial charge on any atom is 0.401 e. The van der Waals surface area contributed by atoms with Crippen molar-refractivity contribution in [2.75, 3.05) is 50.5 Å². The summed E-state index contributed by atoms with van der Waals surface area (Å²) in [5, 5.41) is 6.37. The molecule has 4 aromatic rings. The number of benzene rings is 1. The van der Waals surface area contributed by atoms with E-state index in [0.29, 0.717) is 54.9 Å². The Morgan fingerprint density at radius 2 is 1.83 bits per heavy atom. The van der Waals surface area contributed by atoms with Gasteiger partial charge in [0, 0.05) is 63.0 Å². The zero-order valence-corrected chi connectivity index (χ0v) is 26.3. The van der Waals surface area contributed by atoms with E-state index >= 15 is 0 Å². The molecule has 1 aromatic carbocycles. The van der Waals surface area contributed by atoms with E-state index in [2.05, 4.69) is 44.4 Å². The smallest absolute Gasteiger partial charge is 0.370 e. The summed E-state index contributed by atoms with van der Waals surface area (Å²) in [5.74, 6) is 0.391. The van der Waals surface area contributed by atoms with Gasteiger partial charge in [-0.3, -0.25) is 14.7 Å². The zero-order valence-electron chi connectivity index (χ0n) is 26.3. The number of aromatic nitrogens is 4. The predicted octanol–water partition coefficient (Wildman–Crippen LogP) is 5.90. The highest BCUT2D eigenvalue weighted by Crippen LogP contribution is 2.32. The molecule has 0 bridgehead atoms. The first-order chi connectivity index (χ1) is 21.9. The van der Waals surface area contributed by atoms with Crippen LogP contribution in [-0.4, -0.2) is 83.2 Å². The summed E-state index contributed by atoms with van der Waals surface area (Å²) < 4.78 is 52.7. The van der Waals surface area contributed by atoms with Crippen LogP contribution in [-0.2, 0) is 0 Å². The van der Waals surface area contributed by atoms with Crippen molar-refractivity contribution in [1.82, 2.24) is 30.2 Å². The summed E-state index contributed by atoms with van der Waals surface area (Å²) in [6.45, 7) is 4.70. The minimum absolute atomic E-state index is 0.0137. The summed E-state index contributed by atoms with van der Waals surface area (Å²) >= 11 is 0. The number of rotatable bonds is 10. The second-order valence-electron chi connectivity index (χ2n) is 11.9. The molecular formula is C33H38F4N8O. The van der Waals surface area contributed by atoms with Gasteiger partial charge in [0.05, 0.1) is 29.5 Å². The number of hydrogen-bond acceptors (Lipinski definition) is 8. The van der Waals surface area contributed by atoms with Crippen molar-refractivity contribution in [2.45, 2.75) is 44.8 Å². The quantitative estimate of drug-likeness (QED) is 0.207. The topological polar surface area (TPSA) is 99.2 Å². The number of nitrogens with one attached hydrogen (secondary N) is 2. The highest BCUT2D eigenvalue weighted by molar-refractivity contribution is 6.06. The van der Waals surface area contributed by atoms with Crippen LogP contribution in [0.2, 0.25) is 0 Å². The van der Waals surface area contributed by atoms with Gasteiger partial charge in [0.25, 0.3) is 5.91 Å². The average molecular weight is 639 g/mol. The lowest BCUT2D eigenvalue weighted by molar-refractivity contribution is -0.147. The first kappa shape index (κ1) is 33.0. The standard InChI is InChI=1S/C33H38F4N8O/c1-20(21(2)24-6-5-7-25-30(32(46)38-3)26(34)17-41-31(24)25)15-39-28-14-27(42-19-43-28)22-8-9-29(40-16-22)44(4)23-10-12-45(13-11-23)18-33(35,36)37/h5-9,14,16-17,19-21,23H,10-13,15,18H2,1-4H3,(H,38,46)(H,39,42,43). The number of alkyl halides is 3. The fourth-order valence-corrected chi connectivity index (χ4v) is 5.96. The van der Waals surface area contributed by atoms with Crippen LogP contribution in [0.4, 0.5) is 29.2 Å². The van der Waals surface area contributed by atoms with Crippen LogP contribution in [0, 0.1) is 11.7 Å². The Kier molecular flexibility index (Phi) is 10.00. The summed E-state index contributed by atoms with van der Waals surface area (Å²) in [7, 11) is 3.39. The van der Waals surface area contributed by atoms with Crippen LogP contribution >= 0.6 is 0 Å². The normalized spacial score (nSPS) is 15.8. The van der Waals surface area contributed by atoms with Gasteiger partial charge in [-0.05, 0) is 42.4 Å². The minimum atomic E-state index is -4.18. The number of halogens is 4. The lowest BCUT2D eigenvalue weighted by Crippen LogP contribution is -2.46. The third-order valence-corrected chi connectivity index (χ3v) is 8.87. The fraction of sp³-hybridized carbons (Fsp3) is 0.424. The molecule has 2 unspecified atom stereocenters. The number of hydrogen-bond donors (Lipinski definition) is 2. The van der Waals surface area contributed by atoms with E-state index in [9.17, 15) is 22.4 Å². The van der Waals surface area contributed by atoms with Crippen molar-refractivity contribution < 1.29 is 22.4 Å². The molecule has 0 aliphatic carbocycles. The fourth-order valence-electron chi connectivity index (χ4n) is 5.96. The van der Waals surface area contributed by atoms with Crippen molar-refractivity contribution >= 4 is 28.4 Å². The maximum absolute atomic E-state index is 14.5. The first-order valence-electron chi connectivity index (χ1n) is 15.3. The van der Waals surface area contributed by atoms with E-state index in [1.807, 2.05) is 42.3 Å². The molecule has 1 saturated heterocycles. The number of carbonyl (C=O) groups is 1. The Labute approximate surface area is 265 Å². The molecule has 0 saturated carbocycles. The molecule has 2 N–H and O–H groups in total. The van der Waals surface area contributed by atoms with Crippen LogP contribution in [0.1, 0.15) is 48.5 Å². The first-order valence-corrected chi connectivity index (χ1v) is 15.3. The molecule has 9 nitrogen and oxygen atoms in total. The largest absolute Gasteiger partial charge is 0.401 e. The number of likely N-dealkylation sites (tertiary alicyclic amines) is 1. The van der Waals surface area contributed by atoms with E-state index in [-0.39, 0.29) is 23.4 Å². The number of carbonyl (C=O) groups excluding carboxylic acids is 1. The molecule has 1 aliphatic rings. The van der Waals surface area contributed by atoms with Crippen LogP contribution in [0.15, 0.2) is 55.1 Å². The van der Waals surface area contributed by atoms with Gasteiger partial charge in [-0.2, -0.15) is 13.2 Å². The van der Waals surface area contributed by atoms with Crippen molar-refractivity contribution in [1.29, 1.82) is 0 Å². The van der Waals surface area contributed by atoms with Crippen molar-refractivity contribution in [3.8, 4) is 11.3 Å². The van der Waals surface area contributed by atoms with Gasteiger partial charge in [-0.25, -0.2) is 19.3 Å². The van der Waals surface area contributed by atoms with Crippen LogP contribution in [0.3, 0.4) is 0 Å². The van der Waals surface area contributed by atoms with Crippen molar-refractivity contribution in [3.63, 3.8) is 0 Å². The van der Waals surface area contributed by atoms with Crippen LogP contribution in [0.25, 0.3) is 22.2 Å². The number of para-hydroxylation sites is 1. The van der Waals surface area contributed by atoms with Gasteiger partial charge in [-0.15, -0.1) is 0 Å². The van der Waals surface area contributed by atoms with Crippen molar-refractivity contribution in [2.24, 2.45) is 5.92 Å². The molecule has 46 heavy (non-hydrogen) atoms. The lowest BCUT2D eigenvalue weighted by atomic mass is 9.87. The van der Waals surface area contributed by atoms with Gasteiger partial charge in [0.15, 0.2) is 5.82 Å². The Balaban J connectivity index is 1.21. The number of anilines is 2. The van der Waals surface area contributed by atoms with Gasteiger partial charge in [0.2, 0.25) is 0 Å². The van der Waals surface area contributed by atoms with Gasteiger partial charge < -0.3 is 15.5 Å². The van der Waals surface area contributed by atoms with Crippen LogP contribution in [0.5, 0.6) is 0 Å². The lowest BCUT2D eigenvalue weighted by Gasteiger charge is -2.37. The Morgan fingerprint density at radius 3 is 2.50 bits per heavy atom. The van der Waals surface area contributed by atoms with E-state index in [1.54, 1.807) is 12.3 Å². The molecule has 2 atom stereocenters. The van der Waals surface area contributed by atoms with E-state index in [1.165, 1.54) is 18.3 Å². The number of piperidine rings is 1. The van der Waals surface area contributed by atoms with Gasteiger partial charge in [-0.1, -0.05) is 32.0 Å². The third-order valence-electron chi connectivity index (χ3n) is 8.87. The summed E-state index contributed by atoms with van der Waals surface area (Å²) in [6.07, 6.45) is 1.43. The van der Waals surface area contributed by atoms with Crippen LogP contribution < -0.4 is 15.5 Å². The summed E-state index contributed by atoms with van der Waals surface area (Å²) in [4.78, 5) is 33.6. The number of nitrogens with zero attached hydrogens (tertiary/aromatic N) is 6.